The molecule has 5 heteroatoms. The van der Waals surface area contributed by atoms with Gasteiger partial charge in [-0.2, -0.15) is 0 Å². The first-order valence-corrected chi connectivity index (χ1v) is 6.95. The lowest BCUT2D eigenvalue weighted by molar-refractivity contribution is -0.119. The maximum absolute atomic E-state index is 10.9. The lowest BCUT2D eigenvalue weighted by atomic mass is 10.1. The van der Waals surface area contributed by atoms with Crippen LogP contribution in [0.5, 0.6) is 5.88 Å². The Balaban J connectivity index is 2.57. The highest BCUT2D eigenvalue weighted by Crippen LogP contribution is 2.20. The molecular formula is C15H25N3O2. The zero-order valence-electron chi connectivity index (χ0n) is 13.0. The molecule has 0 fully saturated rings. The van der Waals surface area contributed by atoms with Crippen molar-refractivity contribution in [3.63, 3.8) is 0 Å². The molecule has 0 saturated heterocycles. The summed E-state index contributed by atoms with van der Waals surface area (Å²) in [5.74, 6) is 1.03. The van der Waals surface area contributed by atoms with E-state index in [4.69, 9.17) is 4.74 Å². The lowest BCUT2D eigenvalue weighted by Gasteiger charge is -2.15. The summed E-state index contributed by atoms with van der Waals surface area (Å²) in [5, 5.41) is 6.13. The van der Waals surface area contributed by atoms with E-state index < -0.39 is 0 Å². The molecule has 0 saturated carbocycles. The minimum absolute atomic E-state index is 0.0140. The summed E-state index contributed by atoms with van der Waals surface area (Å²) in [6.07, 6.45) is 0. The van der Waals surface area contributed by atoms with Crippen molar-refractivity contribution in [2.24, 2.45) is 0 Å². The fraction of sp³-hybridized carbons (Fsp3) is 0.600. The van der Waals surface area contributed by atoms with Gasteiger partial charge in [-0.25, -0.2) is 4.98 Å². The Bertz CT molecular complexity index is 447. The molecule has 1 aromatic heterocycles. The van der Waals surface area contributed by atoms with E-state index in [1.807, 2.05) is 19.1 Å². The van der Waals surface area contributed by atoms with E-state index in [1.165, 1.54) is 6.92 Å². The summed E-state index contributed by atoms with van der Waals surface area (Å²) in [6.45, 7) is 9.07. The van der Waals surface area contributed by atoms with Gasteiger partial charge >= 0.3 is 0 Å². The number of nitrogens with one attached hydrogen (secondary N) is 2. The van der Waals surface area contributed by atoms with Crippen molar-refractivity contribution >= 4 is 5.91 Å². The molecule has 0 aliphatic carbocycles. The highest BCUT2D eigenvalue weighted by Gasteiger charge is 2.09. The van der Waals surface area contributed by atoms with Crippen LogP contribution < -0.4 is 15.4 Å². The second-order valence-corrected chi connectivity index (χ2v) is 5.29. The number of rotatable bonds is 7. The number of ether oxygens (including phenoxy) is 1. The largest absolute Gasteiger partial charge is 0.481 e. The molecule has 20 heavy (non-hydrogen) atoms. The first-order valence-electron chi connectivity index (χ1n) is 6.95. The predicted octanol–water partition coefficient (Wildman–Crippen LogP) is 1.83. The Hall–Kier alpha value is -1.62. The third-order valence-corrected chi connectivity index (χ3v) is 2.96. The standard InChI is InChI=1S/C15H25N3O2/c1-10(2)14-7-6-13(15(18-14)20-5)9-16-8-11(3)17-12(4)19/h6-7,10-11,16H,8-9H2,1-5H3,(H,17,19). The van der Waals surface area contributed by atoms with Crippen molar-refractivity contribution in [1.29, 1.82) is 0 Å². The van der Waals surface area contributed by atoms with Gasteiger partial charge in [0, 0.05) is 37.3 Å². The average molecular weight is 279 g/mol. The first-order chi connectivity index (χ1) is 9.43. The molecule has 0 radical (unpaired) electrons. The van der Waals surface area contributed by atoms with Crippen molar-refractivity contribution in [3.05, 3.63) is 23.4 Å². The van der Waals surface area contributed by atoms with Crippen molar-refractivity contribution < 1.29 is 9.53 Å². The number of methoxy groups -OCH3 is 1. The number of amides is 1. The van der Waals surface area contributed by atoms with Gasteiger partial charge in [-0.3, -0.25) is 4.79 Å². The van der Waals surface area contributed by atoms with Gasteiger partial charge in [0.05, 0.1) is 7.11 Å². The molecule has 1 aromatic rings. The van der Waals surface area contributed by atoms with E-state index in [1.54, 1.807) is 7.11 Å². The van der Waals surface area contributed by atoms with Gasteiger partial charge in [0.15, 0.2) is 0 Å². The molecule has 1 heterocycles. The minimum Gasteiger partial charge on any atom is -0.481 e. The van der Waals surface area contributed by atoms with Gasteiger partial charge in [-0.05, 0) is 18.9 Å². The number of hydrogen-bond donors (Lipinski definition) is 2. The van der Waals surface area contributed by atoms with Crippen LogP contribution in [0.15, 0.2) is 12.1 Å². The van der Waals surface area contributed by atoms with E-state index in [2.05, 4.69) is 29.5 Å². The third kappa shape index (κ3) is 5.17. The number of carbonyl (C=O) groups excluding carboxylic acids is 1. The van der Waals surface area contributed by atoms with Crippen LogP contribution in [0.4, 0.5) is 0 Å². The molecule has 1 amide bonds. The van der Waals surface area contributed by atoms with Crippen molar-refractivity contribution in [2.75, 3.05) is 13.7 Å². The second-order valence-electron chi connectivity index (χ2n) is 5.29. The number of aromatic nitrogens is 1. The topological polar surface area (TPSA) is 63.2 Å². The lowest BCUT2D eigenvalue weighted by Crippen LogP contribution is -2.38. The van der Waals surface area contributed by atoms with E-state index in [0.717, 1.165) is 11.3 Å². The fourth-order valence-electron chi connectivity index (χ4n) is 1.94. The highest BCUT2D eigenvalue weighted by atomic mass is 16.5. The zero-order chi connectivity index (χ0) is 15.1. The summed E-state index contributed by atoms with van der Waals surface area (Å²) in [4.78, 5) is 15.4. The molecule has 0 aliphatic rings. The van der Waals surface area contributed by atoms with E-state index in [0.29, 0.717) is 24.9 Å². The van der Waals surface area contributed by atoms with Crippen LogP contribution in [-0.2, 0) is 11.3 Å². The van der Waals surface area contributed by atoms with Gasteiger partial charge in [-0.1, -0.05) is 19.9 Å². The minimum atomic E-state index is -0.0140. The van der Waals surface area contributed by atoms with E-state index in [-0.39, 0.29) is 11.9 Å². The van der Waals surface area contributed by atoms with Gasteiger partial charge in [-0.15, -0.1) is 0 Å². The molecule has 1 atom stereocenters. The fourth-order valence-corrected chi connectivity index (χ4v) is 1.94. The van der Waals surface area contributed by atoms with Crippen molar-refractivity contribution in [2.45, 2.75) is 46.2 Å². The van der Waals surface area contributed by atoms with Gasteiger partial charge in [0.25, 0.3) is 0 Å². The second kappa shape index (κ2) is 7.85. The Morgan fingerprint density at radius 3 is 2.60 bits per heavy atom. The van der Waals surface area contributed by atoms with Crippen molar-refractivity contribution in [3.8, 4) is 5.88 Å². The Labute approximate surface area is 121 Å². The zero-order valence-corrected chi connectivity index (χ0v) is 13.0. The average Bonchev–Trinajstić information content (AvgIpc) is 2.37. The Morgan fingerprint density at radius 1 is 1.35 bits per heavy atom. The van der Waals surface area contributed by atoms with E-state index >= 15 is 0 Å². The number of pyridine rings is 1. The summed E-state index contributed by atoms with van der Waals surface area (Å²) in [5.41, 5.74) is 2.05. The van der Waals surface area contributed by atoms with Gasteiger partial charge in [0.2, 0.25) is 11.8 Å². The predicted molar refractivity (Wildman–Crippen MR) is 79.9 cm³/mol. The molecule has 1 unspecified atom stereocenters. The molecule has 5 nitrogen and oxygen atoms in total. The molecule has 0 bridgehead atoms. The SMILES string of the molecule is COc1nc(C(C)C)ccc1CNCC(C)NC(C)=O. The van der Waals surface area contributed by atoms with Crippen LogP contribution >= 0.6 is 0 Å². The quantitative estimate of drug-likeness (QED) is 0.799. The molecule has 112 valence electrons. The summed E-state index contributed by atoms with van der Waals surface area (Å²) >= 11 is 0. The van der Waals surface area contributed by atoms with Crippen LogP contribution in [0.2, 0.25) is 0 Å². The number of hydrogen-bond acceptors (Lipinski definition) is 4. The smallest absolute Gasteiger partial charge is 0.217 e. The van der Waals surface area contributed by atoms with Crippen LogP contribution in [0.25, 0.3) is 0 Å². The Kier molecular flexibility index (Phi) is 6.45. The molecular weight excluding hydrogens is 254 g/mol. The number of carbonyl (C=O) groups is 1. The molecule has 0 aliphatic heterocycles. The Morgan fingerprint density at radius 2 is 2.05 bits per heavy atom. The van der Waals surface area contributed by atoms with E-state index in [9.17, 15) is 4.79 Å². The third-order valence-electron chi connectivity index (χ3n) is 2.96. The molecule has 2 N–H and O–H groups in total. The first kappa shape index (κ1) is 16.4. The summed E-state index contributed by atoms with van der Waals surface area (Å²) < 4.78 is 5.34. The maximum Gasteiger partial charge on any atom is 0.217 e. The molecule has 1 rings (SSSR count). The van der Waals surface area contributed by atoms with Gasteiger partial charge < -0.3 is 15.4 Å². The molecule has 0 aromatic carbocycles. The summed E-state index contributed by atoms with van der Waals surface area (Å²) in [6, 6.07) is 4.17. The van der Waals surface area contributed by atoms with Crippen LogP contribution in [0.3, 0.4) is 0 Å². The van der Waals surface area contributed by atoms with Gasteiger partial charge in [0.1, 0.15) is 0 Å². The monoisotopic (exact) mass is 279 g/mol. The number of nitrogens with zero attached hydrogens (tertiary/aromatic N) is 1. The normalized spacial score (nSPS) is 12.3. The summed E-state index contributed by atoms with van der Waals surface area (Å²) in [7, 11) is 1.63. The van der Waals surface area contributed by atoms with Crippen molar-refractivity contribution in [1.82, 2.24) is 15.6 Å². The maximum atomic E-state index is 10.9. The van der Waals surface area contributed by atoms with Crippen LogP contribution in [0, 0.1) is 0 Å². The molecule has 0 spiro atoms. The highest BCUT2D eigenvalue weighted by molar-refractivity contribution is 5.73. The van der Waals surface area contributed by atoms with Crippen LogP contribution in [0.1, 0.15) is 44.9 Å². The van der Waals surface area contributed by atoms with Crippen LogP contribution in [-0.4, -0.2) is 30.6 Å².